The van der Waals surface area contributed by atoms with E-state index in [1.54, 1.807) is 10.9 Å². The highest BCUT2D eigenvalue weighted by Crippen LogP contribution is 1.89. The molecule has 16 heavy (non-hydrogen) atoms. The second-order valence-corrected chi connectivity index (χ2v) is 3.50. The Bertz CT molecular complexity index is 353. The van der Waals surface area contributed by atoms with Crippen molar-refractivity contribution in [1.82, 2.24) is 20.4 Å². The third-order valence-corrected chi connectivity index (χ3v) is 1.94. The molecule has 86 valence electrons. The third kappa shape index (κ3) is 4.62. The van der Waals surface area contributed by atoms with Gasteiger partial charge in [0.15, 0.2) is 0 Å². The molecule has 1 rings (SSSR count). The molecule has 5 heteroatoms. The van der Waals surface area contributed by atoms with Crippen molar-refractivity contribution in [2.75, 3.05) is 13.1 Å². The smallest absolute Gasteiger partial charge is 0.234 e. The van der Waals surface area contributed by atoms with Gasteiger partial charge in [0.1, 0.15) is 0 Å². The van der Waals surface area contributed by atoms with E-state index in [1.807, 2.05) is 19.2 Å². The van der Waals surface area contributed by atoms with E-state index in [0.717, 1.165) is 0 Å². The summed E-state index contributed by atoms with van der Waals surface area (Å²) in [5, 5.41) is 9.74. The summed E-state index contributed by atoms with van der Waals surface area (Å²) < 4.78 is 1.78. The summed E-state index contributed by atoms with van der Waals surface area (Å²) in [6, 6.07) is 1.89. The van der Waals surface area contributed by atoms with Gasteiger partial charge in [0.2, 0.25) is 5.91 Å². The van der Waals surface area contributed by atoms with Crippen LogP contribution >= 0.6 is 0 Å². The lowest BCUT2D eigenvalue weighted by atomic mass is 10.3. The van der Waals surface area contributed by atoms with Crippen LogP contribution in [0.1, 0.15) is 6.92 Å². The van der Waals surface area contributed by atoms with Gasteiger partial charge < -0.3 is 5.32 Å². The van der Waals surface area contributed by atoms with Gasteiger partial charge in [-0.15, -0.1) is 6.42 Å². The van der Waals surface area contributed by atoms with Gasteiger partial charge in [-0.3, -0.25) is 14.8 Å². The SMILES string of the molecule is C#CCNCC(=O)NC(C)Cn1cccn1. The first-order valence-electron chi connectivity index (χ1n) is 5.13. The Hall–Kier alpha value is -1.80. The van der Waals surface area contributed by atoms with Crippen LogP contribution in [-0.4, -0.2) is 34.8 Å². The van der Waals surface area contributed by atoms with Crippen LogP contribution in [0.2, 0.25) is 0 Å². The number of nitrogens with zero attached hydrogens (tertiary/aromatic N) is 2. The second-order valence-electron chi connectivity index (χ2n) is 3.50. The first-order valence-corrected chi connectivity index (χ1v) is 5.13. The quantitative estimate of drug-likeness (QED) is 0.507. The first-order chi connectivity index (χ1) is 7.72. The van der Waals surface area contributed by atoms with E-state index in [1.165, 1.54) is 0 Å². The molecule has 0 saturated heterocycles. The average Bonchev–Trinajstić information content (AvgIpc) is 2.70. The normalized spacial score (nSPS) is 11.8. The molecule has 5 nitrogen and oxygen atoms in total. The Kier molecular flexibility index (Phi) is 5.09. The lowest BCUT2D eigenvalue weighted by molar-refractivity contribution is -0.120. The summed E-state index contributed by atoms with van der Waals surface area (Å²) in [6.07, 6.45) is 8.62. The van der Waals surface area contributed by atoms with Crippen molar-refractivity contribution >= 4 is 5.91 Å². The second kappa shape index (κ2) is 6.64. The minimum Gasteiger partial charge on any atom is -0.351 e. The number of hydrogen-bond acceptors (Lipinski definition) is 3. The maximum atomic E-state index is 11.4. The molecule has 1 unspecified atom stereocenters. The monoisotopic (exact) mass is 220 g/mol. The topological polar surface area (TPSA) is 59.0 Å². The number of terminal acetylenes is 1. The molecule has 0 spiro atoms. The molecular weight excluding hydrogens is 204 g/mol. The van der Waals surface area contributed by atoms with Crippen LogP contribution in [0.3, 0.4) is 0 Å². The molecule has 0 radical (unpaired) electrons. The van der Waals surface area contributed by atoms with Crippen molar-refractivity contribution in [3.05, 3.63) is 18.5 Å². The lowest BCUT2D eigenvalue weighted by Crippen LogP contribution is -2.41. The minimum absolute atomic E-state index is 0.0417. The summed E-state index contributed by atoms with van der Waals surface area (Å²) in [5.41, 5.74) is 0. The highest BCUT2D eigenvalue weighted by Gasteiger charge is 2.07. The Morgan fingerprint density at radius 2 is 2.50 bits per heavy atom. The molecule has 0 fully saturated rings. The molecule has 0 bridgehead atoms. The molecule has 0 aliphatic heterocycles. The fourth-order valence-corrected chi connectivity index (χ4v) is 1.31. The summed E-state index contributed by atoms with van der Waals surface area (Å²) >= 11 is 0. The van der Waals surface area contributed by atoms with E-state index in [9.17, 15) is 4.79 Å². The zero-order chi connectivity index (χ0) is 11.8. The molecular formula is C11H16N4O. The van der Waals surface area contributed by atoms with E-state index in [-0.39, 0.29) is 18.5 Å². The molecule has 1 aromatic rings. The maximum absolute atomic E-state index is 11.4. The van der Waals surface area contributed by atoms with Crippen LogP contribution < -0.4 is 10.6 Å². The highest BCUT2D eigenvalue weighted by atomic mass is 16.1. The van der Waals surface area contributed by atoms with E-state index in [4.69, 9.17) is 6.42 Å². The van der Waals surface area contributed by atoms with E-state index >= 15 is 0 Å². The summed E-state index contributed by atoms with van der Waals surface area (Å²) in [5.74, 6) is 2.35. The van der Waals surface area contributed by atoms with Gasteiger partial charge in [-0.1, -0.05) is 5.92 Å². The Morgan fingerprint density at radius 1 is 1.69 bits per heavy atom. The van der Waals surface area contributed by atoms with Crippen LogP contribution in [0.5, 0.6) is 0 Å². The fourth-order valence-electron chi connectivity index (χ4n) is 1.31. The number of nitrogens with one attached hydrogen (secondary N) is 2. The number of amides is 1. The van der Waals surface area contributed by atoms with Gasteiger partial charge in [0, 0.05) is 18.4 Å². The van der Waals surface area contributed by atoms with E-state index in [2.05, 4.69) is 21.7 Å². The van der Waals surface area contributed by atoms with Gasteiger partial charge in [-0.25, -0.2) is 0 Å². The van der Waals surface area contributed by atoms with Gasteiger partial charge in [-0.2, -0.15) is 5.10 Å². The van der Waals surface area contributed by atoms with Crippen molar-refractivity contribution in [2.45, 2.75) is 19.5 Å². The van der Waals surface area contributed by atoms with Crippen molar-refractivity contribution in [3.63, 3.8) is 0 Å². The van der Waals surface area contributed by atoms with Crippen LogP contribution in [0.25, 0.3) is 0 Å². The zero-order valence-electron chi connectivity index (χ0n) is 9.31. The minimum atomic E-state index is -0.0603. The number of carbonyl (C=O) groups is 1. The predicted molar refractivity (Wildman–Crippen MR) is 61.5 cm³/mol. The molecule has 0 aromatic carbocycles. The number of rotatable bonds is 6. The molecule has 1 heterocycles. The molecule has 1 aromatic heterocycles. The predicted octanol–water partition coefficient (Wildman–Crippen LogP) is -0.389. The van der Waals surface area contributed by atoms with Crippen molar-refractivity contribution in [3.8, 4) is 12.3 Å². The van der Waals surface area contributed by atoms with Crippen molar-refractivity contribution in [1.29, 1.82) is 0 Å². The van der Waals surface area contributed by atoms with Crippen molar-refractivity contribution < 1.29 is 4.79 Å². The van der Waals surface area contributed by atoms with Gasteiger partial charge in [-0.05, 0) is 13.0 Å². The molecule has 1 amide bonds. The van der Waals surface area contributed by atoms with Gasteiger partial charge in [0.05, 0.1) is 19.6 Å². The Morgan fingerprint density at radius 3 is 3.12 bits per heavy atom. The largest absolute Gasteiger partial charge is 0.351 e. The van der Waals surface area contributed by atoms with E-state index < -0.39 is 0 Å². The van der Waals surface area contributed by atoms with Crippen LogP contribution in [-0.2, 0) is 11.3 Å². The Balaban J connectivity index is 2.21. The summed E-state index contributed by atoms with van der Waals surface area (Å²) in [4.78, 5) is 11.4. The number of carbonyl (C=O) groups excluding carboxylic acids is 1. The number of hydrogen-bond donors (Lipinski definition) is 2. The highest BCUT2D eigenvalue weighted by molar-refractivity contribution is 5.78. The molecule has 0 saturated carbocycles. The molecule has 1 atom stereocenters. The summed E-state index contributed by atoms with van der Waals surface area (Å²) in [6.45, 7) is 3.24. The summed E-state index contributed by atoms with van der Waals surface area (Å²) in [7, 11) is 0. The van der Waals surface area contributed by atoms with Gasteiger partial charge >= 0.3 is 0 Å². The standard InChI is InChI=1S/C11H16N4O/c1-3-5-12-8-11(16)14-10(2)9-15-7-4-6-13-15/h1,4,6-7,10,12H,5,8-9H2,2H3,(H,14,16). The van der Waals surface area contributed by atoms with Crippen molar-refractivity contribution in [2.24, 2.45) is 0 Å². The van der Waals surface area contributed by atoms with Crippen LogP contribution in [0.15, 0.2) is 18.5 Å². The lowest BCUT2D eigenvalue weighted by Gasteiger charge is -2.13. The number of aromatic nitrogens is 2. The van der Waals surface area contributed by atoms with Crippen LogP contribution in [0, 0.1) is 12.3 Å². The van der Waals surface area contributed by atoms with Crippen LogP contribution in [0.4, 0.5) is 0 Å². The maximum Gasteiger partial charge on any atom is 0.234 e. The first kappa shape index (κ1) is 12.3. The third-order valence-electron chi connectivity index (χ3n) is 1.94. The fraction of sp³-hybridized carbons (Fsp3) is 0.455. The molecule has 2 N–H and O–H groups in total. The van der Waals surface area contributed by atoms with E-state index in [0.29, 0.717) is 13.1 Å². The zero-order valence-corrected chi connectivity index (χ0v) is 9.31. The average molecular weight is 220 g/mol. The molecule has 0 aliphatic rings. The van der Waals surface area contributed by atoms with Gasteiger partial charge in [0.25, 0.3) is 0 Å². The Labute approximate surface area is 95.2 Å². The molecule has 0 aliphatic carbocycles.